The van der Waals surface area contributed by atoms with E-state index in [4.69, 9.17) is 9.47 Å². The largest absolute Gasteiger partial charge is 0.385 e. The molecule has 1 aromatic carbocycles. The number of hydrogen-bond acceptors (Lipinski definition) is 6. The third-order valence-corrected chi connectivity index (χ3v) is 5.38. The molecule has 1 aromatic heterocycles. The summed E-state index contributed by atoms with van der Waals surface area (Å²) < 4.78 is 10.9. The summed E-state index contributed by atoms with van der Waals surface area (Å²) in [7, 11) is 3.27. The number of amides is 2. The highest BCUT2D eigenvalue weighted by Gasteiger charge is 2.19. The number of rotatable bonds is 12. The molecule has 0 saturated carbocycles. The van der Waals surface area contributed by atoms with E-state index in [1.165, 1.54) is 11.3 Å². The normalized spacial score (nSPS) is 10.7. The van der Waals surface area contributed by atoms with Gasteiger partial charge in [-0.3, -0.25) is 9.59 Å². The molecule has 158 valence electrons. The van der Waals surface area contributed by atoms with Gasteiger partial charge in [0.2, 0.25) is 0 Å². The molecule has 0 saturated heterocycles. The van der Waals surface area contributed by atoms with Crippen LogP contribution in [-0.2, 0) is 16.0 Å². The number of ether oxygens (including phenoxy) is 2. The van der Waals surface area contributed by atoms with Crippen LogP contribution in [0.4, 0.5) is 0 Å². The molecule has 0 atom stereocenters. The molecular formula is C20H26BrN3O4S. The Morgan fingerprint density at radius 2 is 1.97 bits per heavy atom. The highest BCUT2D eigenvalue weighted by atomic mass is 79.9. The number of benzene rings is 1. The minimum atomic E-state index is -0.215. The van der Waals surface area contributed by atoms with Crippen LogP contribution in [-0.4, -0.2) is 62.2 Å². The van der Waals surface area contributed by atoms with Gasteiger partial charge in [0, 0.05) is 55.9 Å². The lowest BCUT2D eigenvalue weighted by Crippen LogP contribution is -2.32. The monoisotopic (exact) mass is 483 g/mol. The highest BCUT2D eigenvalue weighted by molar-refractivity contribution is 9.10. The fourth-order valence-electron chi connectivity index (χ4n) is 2.62. The number of aromatic nitrogens is 1. The maximum atomic E-state index is 13.0. The van der Waals surface area contributed by atoms with E-state index >= 15 is 0 Å². The summed E-state index contributed by atoms with van der Waals surface area (Å²) in [6, 6.07) is 7.30. The lowest BCUT2D eigenvalue weighted by atomic mass is 10.2. The molecule has 1 heterocycles. The first-order chi connectivity index (χ1) is 14.0. The molecule has 0 bridgehead atoms. The first-order valence-corrected chi connectivity index (χ1v) is 11.0. The van der Waals surface area contributed by atoms with E-state index in [0.29, 0.717) is 55.5 Å². The second-order valence-corrected chi connectivity index (χ2v) is 8.17. The van der Waals surface area contributed by atoms with Gasteiger partial charge in [0.1, 0.15) is 10.7 Å². The summed E-state index contributed by atoms with van der Waals surface area (Å²) in [5, 5.41) is 5.26. The number of nitrogens with one attached hydrogen (secondary N) is 1. The quantitative estimate of drug-likeness (QED) is 0.468. The van der Waals surface area contributed by atoms with Crippen molar-refractivity contribution in [1.82, 2.24) is 15.2 Å². The van der Waals surface area contributed by atoms with Crippen molar-refractivity contribution in [3.05, 3.63) is 50.4 Å². The topological polar surface area (TPSA) is 80.8 Å². The number of methoxy groups -OCH3 is 2. The molecule has 0 unspecified atom stereocenters. The summed E-state index contributed by atoms with van der Waals surface area (Å²) >= 11 is 4.78. The van der Waals surface area contributed by atoms with Crippen molar-refractivity contribution in [2.24, 2.45) is 0 Å². The molecule has 0 aliphatic carbocycles. The highest BCUT2D eigenvalue weighted by Crippen LogP contribution is 2.17. The standard InChI is InChI=1S/C20H26BrN3O4S/c1-27-10-4-8-22-19(25)17-14-29-18(23-17)13-24(9-5-11-28-2)20(26)15-6-3-7-16(21)12-15/h3,6-7,12,14H,4-5,8-11,13H2,1-2H3,(H,22,25). The van der Waals surface area contributed by atoms with Crippen molar-refractivity contribution in [3.63, 3.8) is 0 Å². The van der Waals surface area contributed by atoms with Crippen LogP contribution in [0.25, 0.3) is 0 Å². The Morgan fingerprint density at radius 3 is 2.69 bits per heavy atom. The smallest absolute Gasteiger partial charge is 0.270 e. The van der Waals surface area contributed by atoms with Crippen molar-refractivity contribution in [2.75, 3.05) is 40.5 Å². The fourth-order valence-corrected chi connectivity index (χ4v) is 3.80. The Bertz CT molecular complexity index is 800. The van der Waals surface area contributed by atoms with E-state index < -0.39 is 0 Å². The van der Waals surface area contributed by atoms with Crippen LogP contribution in [0.15, 0.2) is 34.1 Å². The average Bonchev–Trinajstić information content (AvgIpc) is 3.18. The minimum absolute atomic E-state index is 0.0804. The van der Waals surface area contributed by atoms with Gasteiger partial charge in [-0.25, -0.2) is 4.98 Å². The van der Waals surface area contributed by atoms with Gasteiger partial charge in [-0.1, -0.05) is 22.0 Å². The lowest BCUT2D eigenvalue weighted by molar-refractivity contribution is 0.0723. The molecule has 0 fully saturated rings. The number of thiazole rings is 1. The van der Waals surface area contributed by atoms with Gasteiger partial charge in [0.15, 0.2) is 0 Å². The third-order valence-electron chi connectivity index (χ3n) is 4.06. The summed E-state index contributed by atoms with van der Waals surface area (Å²) in [6.07, 6.45) is 1.46. The zero-order valence-electron chi connectivity index (χ0n) is 16.7. The molecule has 2 amide bonds. The molecule has 0 aliphatic rings. The van der Waals surface area contributed by atoms with Gasteiger partial charge in [0.25, 0.3) is 11.8 Å². The van der Waals surface area contributed by atoms with Crippen LogP contribution in [0.1, 0.15) is 38.7 Å². The summed E-state index contributed by atoms with van der Waals surface area (Å²) in [5.41, 5.74) is 0.971. The van der Waals surface area contributed by atoms with E-state index in [1.807, 2.05) is 12.1 Å². The van der Waals surface area contributed by atoms with E-state index in [-0.39, 0.29) is 11.8 Å². The van der Waals surface area contributed by atoms with Crippen LogP contribution < -0.4 is 5.32 Å². The molecular weight excluding hydrogens is 458 g/mol. The molecule has 0 spiro atoms. The number of carbonyl (C=O) groups excluding carboxylic acids is 2. The summed E-state index contributed by atoms with van der Waals surface area (Å²) in [4.78, 5) is 31.3. The first-order valence-electron chi connectivity index (χ1n) is 9.30. The summed E-state index contributed by atoms with van der Waals surface area (Å²) in [5.74, 6) is -0.295. The van der Waals surface area contributed by atoms with Crippen LogP contribution in [0, 0.1) is 0 Å². The Morgan fingerprint density at radius 1 is 1.21 bits per heavy atom. The van der Waals surface area contributed by atoms with Crippen LogP contribution in [0.5, 0.6) is 0 Å². The zero-order valence-corrected chi connectivity index (χ0v) is 19.1. The maximum Gasteiger partial charge on any atom is 0.270 e. The Balaban J connectivity index is 2.04. The molecule has 2 rings (SSSR count). The minimum Gasteiger partial charge on any atom is -0.385 e. The van der Waals surface area contributed by atoms with E-state index in [2.05, 4.69) is 26.2 Å². The summed E-state index contributed by atoms with van der Waals surface area (Å²) in [6.45, 7) is 2.57. The van der Waals surface area contributed by atoms with Crippen LogP contribution in [0.3, 0.4) is 0 Å². The van der Waals surface area contributed by atoms with E-state index in [0.717, 1.165) is 10.9 Å². The van der Waals surface area contributed by atoms with Gasteiger partial charge in [-0.05, 0) is 31.0 Å². The Labute approximate surface area is 183 Å². The van der Waals surface area contributed by atoms with Crippen molar-refractivity contribution in [1.29, 1.82) is 0 Å². The predicted octanol–water partition coefficient (Wildman–Crippen LogP) is 3.35. The second kappa shape index (κ2) is 12.7. The molecule has 1 N–H and O–H groups in total. The van der Waals surface area contributed by atoms with Crippen LogP contribution >= 0.6 is 27.3 Å². The lowest BCUT2D eigenvalue weighted by Gasteiger charge is -2.21. The van der Waals surface area contributed by atoms with Crippen molar-refractivity contribution >= 4 is 39.1 Å². The Hall–Kier alpha value is -1.81. The molecule has 29 heavy (non-hydrogen) atoms. The molecule has 0 radical (unpaired) electrons. The Kier molecular flexibility index (Phi) is 10.3. The zero-order chi connectivity index (χ0) is 21.1. The van der Waals surface area contributed by atoms with E-state index in [9.17, 15) is 9.59 Å². The molecule has 2 aromatic rings. The van der Waals surface area contributed by atoms with Crippen LogP contribution in [0.2, 0.25) is 0 Å². The second-order valence-electron chi connectivity index (χ2n) is 6.31. The SMILES string of the molecule is COCCCNC(=O)c1csc(CN(CCCOC)C(=O)c2cccc(Br)c2)n1. The third kappa shape index (κ3) is 7.85. The molecule has 0 aliphatic heterocycles. The number of nitrogens with zero attached hydrogens (tertiary/aromatic N) is 2. The maximum absolute atomic E-state index is 13.0. The molecule has 7 nitrogen and oxygen atoms in total. The first kappa shape index (κ1) is 23.5. The fraction of sp³-hybridized carbons (Fsp3) is 0.450. The van der Waals surface area contributed by atoms with Gasteiger partial charge >= 0.3 is 0 Å². The van der Waals surface area contributed by atoms with Crippen molar-refractivity contribution in [3.8, 4) is 0 Å². The van der Waals surface area contributed by atoms with Crippen molar-refractivity contribution < 1.29 is 19.1 Å². The number of halogens is 1. The number of carbonyl (C=O) groups is 2. The van der Waals surface area contributed by atoms with Gasteiger partial charge in [-0.2, -0.15) is 0 Å². The average molecular weight is 484 g/mol. The number of hydrogen-bond donors (Lipinski definition) is 1. The predicted molar refractivity (Wildman–Crippen MR) is 116 cm³/mol. The molecule has 9 heteroatoms. The van der Waals surface area contributed by atoms with Gasteiger partial charge < -0.3 is 19.7 Å². The van der Waals surface area contributed by atoms with Crippen molar-refractivity contribution in [2.45, 2.75) is 19.4 Å². The van der Waals surface area contributed by atoms with Gasteiger partial charge in [0.05, 0.1) is 6.54 Å². The van der Waals surface area contributed by atoms with E-state index in [1.54, 1.807) is 36.6 Å². The van der Waals surface area contributed by atoms with Gasteiger partial charge in [-0.15, -0.1) is 11.3 Å².